The Kier molecular flexibility index (Phi) is 5.84. The van der Waals surface area contributed by atoms with E-state index in [-0.39, 0.29) is 5.41 Å². The number of halogens is 2. The second-order valence-corrected chi connectivity index (χ2v) is 9.28. The molecule has 0 spiro atoms. The molecule has 0 saturated heterocycles. The van der Waals surface area contributed by atoms with Gasteiger partial charge in [0.15, 0.2) is 0 Å². The van der Waals surface area contributed by atoms with Crippen LogP contribution in [0.2, 0.25) is 0 Å². The molecule has 0 aliphatic carbocycles. The van der Waals surface area contributed by atoms with Crippen LogP contribution >= 0.6 is 31.9 Å². The molecule has 0 heterocycles. The van der Waals surface area contributed by atoms with E-state index in [0.717, 1.165) is 8.95 Å². The highest BCUT2D eigenvalue weighted by Crippen LogP contribution is 2.30. The molecular weight excluding hydrogens is 448 g/mol. The lowest BCUT2D eigenvalue weighted by Crippen LogP contribution is -2.10. The van der Waals surface area contributed by atoms with Crippen molar-refractivity contribution in [1.82, 2.24) is 0 Å². The Morgan fingerprint density at radius 2 is 1.08 bits per heavy atom. The highest BCUT2D eigenvalue weighted by molar-refractivity contribution is 9.10. The molecule has 0 amide bonds. The zero-order valence-corrected chi connectivity index (χ0v) is 18.4. The molecule has 0 aliphatic heterocycles. The predicted octanol–water partition coefficient (Wildman–Crippen LogP) is 8.10. The lowest BCUT2D eigenvalue weighted by molar-refractivity contribution is 0.590. The summed E-state index contributed by atoms with van der Waals surface area (Å²) in [5.41, 5.74) is 6.35. The highest BCUT2D eigenvalue weighted by Gasteiger charge is 2.14. The minimum Gasteiger partial charge on any atom is -0.0579 e. The fourth-order valence-electron chi connectivity index (χ4n) is 2.84. The molecule has 0 radical (unpaired) electrons. The molecule has 0 bridgehead atoms. The molecule has 0 aromatic heterocycles. The predicted molar refractivity (Wildman–Crippen MR) is 120 cm³/mol. The van der Waals surface area contributed by atoms with Gasteiger partial charge in [0, 0.05) is 8.95 Å². The summed E-state index contributed by atoms with van der Waals surface area (Å²) < 4.78 is 2.18. The van der Waals surface area contributed by atoms with Gasteiger partial charge in [-0.3, -0.25) is 0 Å². The van der Waals surface area contributed by atoms with Crippen LogP contribution in [0.5, 0.6) is 0 Å². The van der Waals surface area contributed by atoms with Gasteiger partial charge in [-0.1, -0.05) is 101 Å². The maximum Gasteiger partial charge on any atom is 0.0175 e. The SMILES string of the molecule is CC(C)(C)c1ccc(/C(=C\c2ccc(Br)cc2)c2ccc(Br)cc2)cc1. The van der Waals surface area contributed by atoms with Crippen LogP contribution in [0.25, 0.3) is 11.6 Å². The largest absolute Gasteiger partial charge is 0.0579 e. The van der Waals surface area contributed by atoms with Crippen LogP contribution in [0.15, 0.2) is 81.7 Å². The van der Waals surface area contributed by atoms with E-state index in [2.05, 4.69) is 132 Å². The molecule has 3 aromatic carbocycles. The van der Waals surface area contributed by atoms with Crippen molar-refractivity contribution in [2.75, 3.05) is 0 Å². The Bertz CT molecular complexity index is 894. The van der Waals surface area contributed by atoms with Crippen molar-refractivity contribution in [2.45, 2.75) is 26.2 Å². The normalized spacial score (nSPS) is 12.3. The average Bonchev–Trinajstić information content (AvgIpc) is 2.62. The van der Waals surface area contributed by atoms with Crippen LogP contribution in [0, 0.1) is 0 Å². The van der Waals surface area contributed by atoms with Gasteiger partial charge in [0.25, 0.3) is 0 Å². The monoisotopic (exact) mass is 468 g/mol. The first kappa shape index (κ1) is 19.1. The first-order chi connectivity index (χ1) is 12.3. The third-order valence-electron chi connectivity index (χ3n) is 4.40. The lowest BCUT2D eigenvalue weighted by atomic mass is 9.85. The molecule has 26 heavy (non-hydrogen) atoms. The summed E-state index contributed by atoms with van der Waals surface area (Å²) in [6.07, 6.45) is 2.25. The van der Waals surface area contributed by atoms with E-state index in [9.17, 15) is 0 Å². The number of rotatable bonds is 3. The molecule has 3 aromatic rings. The summed E-state index contributed by atoms with van der Waals surface area (Å²) in [6, 6.07) is 25.9. The van der Waals surface area contributed by atoms with E-state index in [4.69, 9.17) is 0 Å². The van der Waals surface area contributed by atoms with Crippen molar-refractivity contribution in [3.05, 3.63) is 104 Å². The topological polar surface area (TPSA) is 0 Å². The van der Waals surface area contributed by atoms with E-state index in [0.29, 0.717) is 0 Å². The standard InChI is InChI=1S/C24H22Br2/c1-24(2,3)20-10-6-18(7-11-20)23(19-8-14-22(26)15-9-19)16-17-4-12-21(25)13-5-17/h4-16H,1-3H3/b23-16+. The number of benzene rings is 3. The second kappa shape index (κ2) is 7.94. The summed E-state index contributed by atoms with van der Waals surface area (Å²) in [7, 11) is 0. The first-order valence-electron chi connectivity index (χ1n) is 8.67. The summed E-state index contributed by atoms with van der Waals surface area (Å²) in [5.74, 6) is 0. The van der Waals surface area contributed by atoms with Crippen LogP contribution in [-0.2, 0) is 5.41 Å². The van der Waals surface area contributed by atoms with Crippen LogP contribution in [0.4, 0.5) is 0 Å². The van der Waals surface area contributed by atoms with Gasteiger partial charge in [-0.15, -0.1) is 0 Å². The van der Waals surface area contributed by atoms with Gasteiger partial charge in [-0.25, -0.2) is 0 Å². The fraction of sp³-hybridized carbons (Fsp3) is 0.167. The zero-order valence-electron chi connectivity index (χ0n) is 15.3. The third-order valence-corrected chi connectivity index (χ3v) is 5.46. The van der Waals surface area contributed by atoms with E-state index in [1.165, 1.54) is 27.8 Å². The maximum absolute atomic E-state index is 3.53. The quantitative estimate of drug-likeness (QED) is 0.340. The van der Waals surface area contributed by atoms with E-state index < -0.39 is 0 Å². The van der Waals surface area contributed by atoms with Crippen molar-refractivity contribution in [2.24, 2.45) is 0 Å². The van der Waals surface area contributed by atoms with Gasteiger partial charge in [0.05, 0.1) is 0 Å². The molecule has 0 nitrogen and oxygen atoms in total. The van der Waals surface area contributed by atoms with Crippen molar-refractivity contribution in [3.63, 3.8) is 0 Å². The van der Waals surface area contributed by atoms with Gasteiger partial charge in [-0.2, -0.15) is 0 Å². The summed E-state index contributed by atoms with van der Waals surface area (Å²) in [4.78, 5) is 0. The van der Waals surface area contributed by atoms with Crippen molar-refractivity contribution in [3.8, 4) is 0 Å². The van der Waals surface area contributed by atoms with Crippen LogP contribution < -0.4 is 0 Å². The number of hydrogen-bond donors (Lipinski definition) is 0. The van der Waals surface area contributed by atoms with Gasteiger partial charge in [-0.05, 0) is 63.6 Å². The third kappa shape index (κ3) is 4.75. The van der Waals surface area contributed by atoms with Crippen LogP contribution in [0.3, 0.4) is 0 Å². The van der Waals surface area contributed by atoms with Gasteiger partial charge >= 0.3 is 0 Å². The minimum atomic E-state index is 0.158. The summed E-state index contributed by atoms with van der Waals surface area (Å²) in [5, 5.41) is 0. The highest BCUT2D eigenvalue weighted by atomic mass is 79.9. The fourth-order valence-corrected chi connectivity index (χ4v) is 3.37. The molecule has 3 rings (SSSR count). The average molecular weight is 470 g/mol. The molecule has 0 saturated carbocycles. The summed E-state index contributed by atoms with van der Waals surface area (Å²) >= 11 is 7.04. The minimum absolute atomic E-state index is 0.158. The molecule has 0 N–H and O–H groups in total. The first-order valence-corrected chi connectivity index (χ1v) is 10.3. The molecule has 0 fully saturated rings. The molecule has 2 heteroatoms. The lowest BCUT2D eigenvalue weighted by Gasteiger charge is -2.19. The van der Waals surface area contributed by atoms with Gasteiger partial charge in [0.1, 0.15) is 0 Å². The Labute approximate surface area is 173 Å². The molecular formula is C24H22Br2. The van der Waals surface area contributed by atoms with Crippen molar-refractivity contribution in [1.29, 1.82) is 0 Å². The van der Waals surface area contributed by atoms with E-state index >= 15 is 0 Å². The van der Waals surface area contributed by atoms with Crippen LogP contribution in [-0.4, -0.2) is 0 Å². The maximum atomic E-state index is 3.53. The zero-order chi connectivity index (χ0) is 18.7. The molecule has 132 valence electrons. The van der Waals surface area contributed by atoms with E-state index in [1.54, 1.807) is 0 Å². The number of hydrogen-bond acceptors (Lipinski definition) is 0. The summed E-state index contributed by atoms with van der Waals surface area (Å²) in [6.45, 7) is 6.74. The molecule has 0 unspecified atom stereocenters. The van der Waals surface area contributed by atoms with E-state index in [1.807, 2.05) is 0 Å². The van der Waals surface area contributed by atoms with Gasteiger partial charge in [0.2, 0.25) is 0 Å². The van der Waals surface area contributed by atoms with Crippen molar-refractivity contribution < 1.29 is 0 Å². The van der Waals surface area contributed by atoms with Crippen LogP contribution in [0.1, 0.15) is 43.0 Å². The Morgan fingerprint density at radius 1 is 0.654 bits per heavy atom. The Morgan fingerprint density at radius 3 is 1.54 bits per heavy atom. The Balaban J connectivity index is 2.08. The molecule has 0 aliphatic rings. The smallest absolute Gasteiger partial charge is 0.0175 e. The second-order valence-electron chi connectivity index (χ2n) is 7.44. The Hall–Kier alpha value is -1.64. The van der Waals surface area contributed by atoms with Gasteiger partial charge < -0.3 is 0 Å². The van der Waals surface area contributed by atoms with Crippen molar-refractivity contribution >= 4 is 43.5 Å². The molecule has 0 atom stereocenters.